The van der Waals surface area contributed by atoms with Gasteiger partial charge in [-0.3, -0.25) is 4.90 Å². The topological polar surface area (TPSA) is 18.5 Å². The maximum absolute atomic E-state index is 3.63. The second-order valence-corrected chi connectivity index (χ2v) is 7.64. The van der Waals surface area contributed by atoms with Crippen molar-refractivity contribution in [1.82, 2.24) is 15.1 Å². The number of benzene rings is 1. The van der Waals surface area contributed by atoms with Crippen LogP contribution in [-0.2, 0) is 6.54 Å². The Morgan fingerprint density at radius 2 is 1.86 bits per heavy atom. The van der Waals surface area contributed by atoms with Gasteiger partial charge in [0.25, 0.3) is 0 Å². The van der Waals surface area contributed by atoms with E-state index in [1.165, 1.54) is 41.8 Å². The first-order chi connectivity index (χ1) is 9.88. The minimum Gasteiger partial charge on any atom is -0.311 e. The van der Waals surface area contributed by atoms with Gasteiger partial charge in [-0.2, -0.15) is 0 Å². The molecule has 1 fully saturated rings. The molecular weight excluding hydrogens is 326 g/mol. The Morgan fingerprint density at radius 3 is 2.48 bits per heavy atom. The van der Waals surface area contributed by atoms with E-state index in [4.69, 9.17) is 0 Å². The van der Waals surface area contributed by atoms with E-state index in [9.17, 15) is 0 Å². The van der Waals surface area contributed by atoms with Crippen LogP contribution in [0, 0.1) is 6.92 Å². The summed E-state index contributed by atoms with van der Waals surface area (Å²) in [5.41, 5.74) is 2.86. The molecule has 0 atom stereocenters. The van der Waals surface area contributed by atoms with E-state index in [0.717, 1.165) is 13.1 Å². The van der Waals surface area contributed by atoms with Gasteiger partial charge in [0.2, 0.25) is 0 Å². The smallest absolute Gasteiger partial charge is 0.0278 e. The van der Waals surface area contributed by atoms with Crippen molar-refractivity contribution in [2.24, 2.45) is 0 Å². The van der Waals surface area contributed by atoms with Gasteiger partial charge in [-0.15, -0.1) is 0 Å². The molecule has 1 aliphatic rings. The maximum Gasteiger partial charge on any atom is 0.0278 e. The highest BCUT2D eigenvalue weighted by Crippen LogP contribution is 2.18. The number of hydrogen-bond acceptors (Lipinski definition) is 3. The van der Waals surface area contributed by atoms with Gasteiger partial charge in [0, 0.05) is 49.3 Å². The van der Waals surface area contributed by atoms with Crippen LogP contribution in [-0.4, -0.2) is 55.1 Å². The number of hydrogen-bond donors (Lipinski definition) is 1. The molecule has 3 nitrogen and oxygen atoms in total. The third kappa shape index (κ3) is 4.78. The second-order valence-electron chi connectivity index (χ2n) is 6.79. The Morgan fingerprint density at radius 1 is 1.19 bits per heavy atom. The highest BCUT2D eigenvalue weighted by Gasteiger charge is 2.28. The van der Waals surface area contributed by atoms with E-state index >= 15 is 0 Å². The third-order valence-electron chi connectivity index (χ3n) is 4.47. The van der Waals surface area contributed by atoms with E-state index in [-0.39, 0.29) is 5.54 Å². The third-order valence-corrected chi connectivity index (χ3v) is 5.36. The summed E-state index contributed by atoms with van der Waals surface area (Å²) < 4.78 is 1.18. The van der Waals surface area contributed by atoms with Crippen molar-refractivity contribution in [1.29, 1.82) is 0 Å². The summed E-state index contributed by atoms with van der Waals surface area (Å²) in [6.45, 7) is 13.5. The summed E-state index contributed by atoms with van der Waals surface area (Å²) in [5, 5.41) is 3.63. The van der Waals surface area contributed by atoms with Crippen LogP contribution in [0.15, 0.2) is 22.7 Å². The molecule has 0 unspecified atom stereocenters. The van der Waals surface area contributed by atoms with Gasteiger partial charge in [-0.25, -0.2) is 0 Å². The zero-order chi connectivity index (χ0) is 15.5. The van der Waals surface area contributed by atoms with Crippen LogP contribution in [0.25, 0.3) is 0 Å². The van der Waals surface area contributed by atoms with E-state index < -0.39 is 0 Å². The van der Waals surface area contributed by atoms with Crippen LogP contribution in [0.4, 0.5) is 0 Å². The monoisotopic (exact) mass is 353 g/mol. The van der Waals surface area contributed by atoms with Crippen molar-refractivity contribution in [3.63, 3.8) is 0 Å². The van der Waals surface area contributed by atoms with Gasteiger partial charge in [0.15, 0.2) is 0 Å². The Hall–Kier alpha value is -0.420. The van der Waals surface area contributed by atoms with Gasteiger partial charge >= 0.3 is 0 Å². The zero-order valence-electron chi connectivity index (χ0n) is 13.7. The molecule has 1 heterocycles. The number of halogens is 1. The van der Waals surface area contributed by atoms with E-state index in [2.05, 4.69) is 77.1 Å². The highest BCUT2D eigenvalue weighted by atomic mass is 79.9. The van der Waals surface area contributed by atoms with Crippen molar-refractivity contribution in [2.75, 3.05) is 39.8 Å². The van der Waals surface area contributed by atoms with Gasteiger partial charge in [-0.05, 0) is 45.0 Å². The molecule has 1 aliphatic heterocycles. The summed E-state index contributed by atoms with van der Waals surface area (Å²) in [6.07, 6.45) is 0. The lowest BCUT2D eigenvalue weighted by atomic mass is 10.0. The lowest BCUT2D eigenvalue weighted by Gasteiger charge is -2.43. The Kier molecular flexibility index (Phi) is 5.83. The first-order valence-corrected chi connectivity index (χ1v) is 8.57. The molecule has 1 N–H and O–H groups in total. The van der Waals surface area contributed by atoms with Crippen molar-refractivity contribution in [3.05, 3.63) is 33.8 Å². The molecule has 2 rings (SSSR count). The van der Waals surface area contributed by atoms with Crippen LogP contribution in [0.5, 0.6) is 0 Å². The first kappa shape index (κ1) is 16.9. The summed E-state index contributed by atoms with van der Waals surface area (Å²) in [5.74, 6) is 0. The SMILES string of the molecule is Cc1cc(CNCC(C)(C)N2CCN(C)CC2)ccc1Br. The molecule has 1 aromatic carbocycles. The Labute approximate surface area is 137 Å². The van der Waals surface area contributed by atoms with Crippen molar-refractivity contribution in [2.45, 2.75) is 32.9 Å². The first-order valence-electron chi connectivity index (χ1n) is 7.78. The molecule has 21 heavy (non-hydrogen) atoms. The highest BCUT2D eigenvalue weighted by molar-refractivity contribution is 9.10. The van der Waals surface area contributed by atoms with Crippen LogP contribution < -0.4 is 5.32 Å². The van der Waals surface area contributed by atoms with Gasteiger partial charge in [-0.1, -0.05) is 28.1 Å². The number of likely N-dealkylation sites (N-methyl/N-ethyl adjacent to an activating group) is 1. The molecule has 0 radical (unpaired) electrons. The quantitative estimate of drug-likeness (QED) is 0.877. The normalized spacial score (nSPS) is 18.1. The fourth-order valence-electron chi connectivity index (χ4n) is 2.85. The molecule has 0 spiro atoms. The molecule has 1 aromatic rings. The van der Waals surface area contributed by atoms with Crippen molar-refractivity contribution >= 4 is 15.9 Å². The van der Waals surface area contributed by atoms with Gasteiger partial charge < -0.3 is 10.2 Å². The molecule has 0 aliphatic carbocycles. The maximum atomic E-state index is 3.63. The standard InChI is InChI=1S/C17H28BrN3/c1-14-11-15(5-6-16(14)18)12-19-13-17(2,3)21-9-7-20(4)8-10-21/h5-6,11,19H,7-10,12-13H2,1-4H3. The molecule has 0 saturated carbocycles. The number of aryl methyl sites for hydroxylation is 1. The predicted molar refractivity (Wildman–Crippen MR) is 93.7 cm³/mol. The molecule has 4 heteroatoms. The van der Waals surface area contributed by atoms with Crippen LogP contribution in [0.2, 0.25) is 0 Å². The molecule has 1 saturated heterocycles. The Balaban J connectivity index is 1.82. The lowest BCUT2D eigenvalue weighted by molar-refractivity contribution is 0.0618. The lowest BCUT2D eigenvalue weighted by Crippen LogP contribution is -2.57. The summed E-state index contributed by atoms with van der Waals surface area (Å²) in [7, 11) is 2.21. The number of nitrogens with one attached hydrogen (secondary N) is 1. The summed E-state index contributed by atoms with van der Waals surface area (Å²) in [4.78, 5) is 5.01. The minimum atomic E-state index is 0.214. The molecule has 0 aromatic heterocycles. The van der Waals surface area contributed by atoms with E-state index in [1.807, 2.05) is 0 Å². The van der Waals surface area contributed by atoms with Gasteiger partial charge in [0.1, 0.15) is 0 Å². The summed E-state index contributed by atoms with van der Waals surface area (Å²) >= 11 is 3.56. The number of piperazine rings is 1. The number of rotatable bonds is 5. The zero-order valence-corrected chi connectivity index (χ0v) is 15.3. The average molecular weight is 354 g/mol. The summed E-state index contributed by atoms with van der Waals surface area (Å²) in [6, 6.07) is 6.57. The fourth-order valence-corrected chi connectivity index (χ4v) is 3.10. The molecule has 0 bridgehead atoms. The Bertz CT molecular complexity index is 465. The van der Waals surface area contributed by atoms with Crippen molar-refractivity contribution < 1.29 is 0 Å². The van der Waals surface area contributed by atoms with Crippen LogP contribution in [0.1, 0.15) is 25.0 Å². The second kappa shape index (κ2) is 7.23. The molecule has 0 amide bonds. The van der Waals surface area contributed by atoms with Crippen LogP contribution >= 0.6 is 15.9 Å². The predicted octanol–water partition coefficient (Wildman–Crippen LogP) is 2.87. The largest absolute Gasteiger partial charge is 0.311 e. The van der Waals surface area contributed by atoms with Gasteiger partial charge in [0.05, 0.1) is 0 Å². The van der Waals surface area contributed by atoms with E-state index in [0.29, 0.717) is 0 Å². The van der Waals surface area contributed by atoms with Crippen LogP contribution in [0.3, 0.4) is 0 Å². The molecule has 118 valence electrons. The van der Waals surface area contributed by atoms with Crippen molar-refractivity contribution in [3.8, 4) is 0 Å². The fraction of sp³-hybridized carbons (Fsp3) is 0.647. The average Bonchev–Trinajstić information content (AvgIpc) is 2.43. The molecular formula is C17H28BrN3. The number of nitrogens with zero attached hydrogens (tertiary/aromatic N) is 2. The van der Waals surface area contributed by atoms with E-state index in [1.54, 1.807) is 0 Å². The minimum absolute atomic E-state index is 0.214.